The van der Waals surface area contributed by atoms with Crippen LogP contribution in [0.1, 0.15) is 25.8 Å². The van der Waals surface area contributed by atoms with Gasteiger partial charge in [-0.05, 0) is 53.5 Å². The summed E-state index contributed by atoms with van der Waals surface area (Å²) < 4.78 is 10.7. The number of morpholine rings is 1. The third-order valence-electron chi connectivity index (χ3n) is 6.77. The minimum atomic E-state index is -1.51. The molecule has 5 atom stereocenters. The second-order valence-corrected chi connectivity index (χ2v) is 8.91. The second kappa shape index (κ2) is 10.7. The number of nitrogens with one attached hydrogen (secondary N) is 1. The SMILES string of the molecule is CC[C@H]1OC(O)[C@H](NC(=O)/C(C#N)=C(\C)c2ccc3cc(N4CCOCC4)ccc3c2)[C@@H](O)[C@@H]1O. The number of hydrogen-bond donors (Lipinski definition) is 4. The van der Waals surface area contributed by atoms with Crippen LogP contribution in [0.5, 0.6) is 0 Å². The van der Waals surface area contributed by atoms with Crippen LogP contribution in [0.15, 0.2) is 42.0 Å². The van der Waals surface area contributed by atoms with Gasteiger partial charge in [-0.15, -0.1) is 0 Å². The molecule has 0 spiro atoms. The van der Waals surface area contributed by atoms with E-state index in [1.54, 1.807) is 13.8 Å². The fourth-order valence-electron chi connectivity index (χ4n) is 4.60. The Morgan fingerprint density at radius 2 is 1.80 bits per heavy atom. The number of allylic oxidation sites excluding steroid dienone is 1. The van der Waals surface area contributed by atoms with Crippen molar-refractivity contribution in [3.63, 3.8) is 0 Å². The van der Waals surface area contributed by atoms with Crippen molar-refractivity contribution < 1.29 is 29.6 Å². The van der Waals surface area contributed by atoms with E-state index in [1.165, 1.54) is 0 Å². The van der Waals surface area contributed by atoms with Gasteiger partial charge < -0.3 is 35.0 Å². The molecule has 1 amide bonds. The first-order valence-electron chi connectivity index (χ1n) is 11.8. The number of anilines is 1. The Bertz CT molecular complexity index is 1150. The van der Waals surface area contributed by atoms with Gasteiger partial charge in [-0.3, -0.25) is 4.79 Å². The fourth-order valence-corrected chi connectivity index (χ4v) is 4.60. The molecule has 2 fully saturated rings. The van der Waals surface area contributed by atoms with Crippen LogP contribution in [0, 0.1) is 11.3 Å². The van der Waals surface area contributed by atoms with Crippen molar-refractivity contribution in [3.8, 4) is 6.07 Å². The Morgan fingerprint density at radius 3 is 2.49 bits per heavy atom. The summed E-state index contributed by atoms with van der Waals surface area (Å²) in [6.45, 7) is 6.53. The minimum Gasteiger partial charge on any atom is -0.388 e. The van der Waals surface area contributed by atoms with Crippen molar-refractivity contribution in [2.75, 3.05) is 31.2 Å². The number of hydrogen-bond acceptors (Lipinski definition) is 8. The van der Waals surface area contributed by atoms with E-state index in [9.17, 15) is 25.4 Å². The molecule has 35 heavy (non-hydrogen) atoms. The Labute approximate surface area is 204 Å². The maximum atomic E-state index is 12.9. The van der Waals surface area contributed by atoms with Gasteiger partial charge in [0, 0.05) is 18.8 Å². The van der Waals surface area contributed by atoms with Gasteiger partial charge in [-0.2, -0.15) is 5.26 Å². The topological polar surface area (TPSA) is 135 Å². The van der Waals surface area contributed by atoms with Crippen molar-refractivity contribution >= 4 is 27.9 Å². The van der Waals surface area contributed by atoms with Crippen LogP contribution in [0.25, 0.3) is 16.3 Å². The Kier molecular flexibility index (Phi) is 7.69. The van der Waals surface area contributed by atoms with Crippen LogP contribution >= 0.6 is 0 Å². The lowest BCUT2D eigenvalue weighted by Crippen LogP contribution is -2.63. The van der Waals surface area contributed by atoms with Crippen LogP contribution in [0.3, 0.4) is 0 Å². The molecule has 2 aliphatic heterocycles. The lowest BCUT2D eigenvalue weighted by atomic mass is 9.94. The number of aliphatic hydroxyl groups is 3. The highest BCUT2D eigenvalue weighted by Gasteiger charge is 2.44. The van der Waals surface area contributed by atoms with Gasteiger partial charge in [-0.25, -0.2) is 0 Å². The van der Waals surface area contributed by atoms with Gasteiger partial charge in [0.2, 0.25) is 0 Å². The number of amides is 1. The molecule has 0 bridgehead atoms. The number of benzene rings is 2. The summed E-state index contributed by atoms with van der Waals surface area (Å²) in [5, 5.41) is 45.0. The average Bonchev–Trinajstić information content (AvgIpc) is 2.88. The molecule has 4 rings (SSSR count). The van der Waals surface area contributed by atoms with Crippen LogP contribution in [-0.2, 0) is 14.3 Å². The van der Waals surface area contributed by atoms with Crippen LogP contribution in [0.4, 0.5) is 5.69 Å². The molecule has 186 valence electrons. The third kappa shape index (κ3) is 5.17. The first-order valence-corrected chi connectivity index (χ1v) is 11.8. The van der Waals surface area contributed by atoms with E-state index in [0.717, 1.165) is 29.5 Å². The summed E-state index contributed by atoms with van der Waals surface area (Å²) in [5.74, 6) is -0.762. The van der Waals surface area contributed by atoms with Gasteiger partial charge in [0.1, 0.15) is 29.9 Å². The summed E-state index contributed by atoms with van der Waals surface area (Å²) in [7, 11) is 0. The number of ether oxygens (including phenoxy) is 2. The number of aliphatic hydroxyl groups excluding tert-OH is 3. The highest BCUT2D eigenvalue weighted by Crippen LogP contribution is 2.28. The molecular formula is C26H31N3O6. The molecule has 4 N–H and O–H groups in total. The molecule has 9 heteroatoms. The first kappa shape index (κ1) is 25.1. The second-order valence-electron chi connectivity index (χ2n) is 8.91. The maximum absolute atomic E-state index is 12.9. The molecule has 9 nitrogen and oxygen atoms in total. The minimum absolute atomic E-state index is 0.152. The van der Waals surface area contributed by atoms with Crippen molar-refractivity contribution in [2.24, 2.45) is 0 Å². The predicted molar refractivity (Wildman–Crippen MR) is 130 cm³/mol. The average molecular weight is 482 g/mol. The van der Waals surface area contributed by atoms with E-state index < -0.39 is 36.6 Å². The number of carbonyl (C=O) groups is 1. The standard InChI is InChI=1S/C26H31N3O6/c1-3-21-23(30)24(31)22(26(33)35-21)28-25(32)20(14-27)15(2)16-4-5-18-13-19(7-6-17(18)12-16)29-8-10-34-11-9-29/h4-7,12-13,21-24,26,30-31,33H,3,8-11H2,1-2H3,(H,28,32)/b20-15+/t21-,22-,23-,24-,26?/m1/s1. The molecule has 2 aromatic rings. The van der Waals surface area contributed by atoms with Gasteiger partial charge in [0.25, 0.3) is 5.91 Å². The van der Waals surface area contributed by atoms with Crippen molar-refractivity contribution in [2.45, 2.75) is 50.9 Å². The first-order chi connectivity index (χ1) is 16.8. The lowest BCUT2D eigenvalue weighted by molar-refractivity contribution is -0.247. The Hall–Kier alpha value is -3.00. The van der Waals surface area contributed by atoms with Gasteiger partial charge in [-0.1, -0.05) is 25.1 Å². The summed E-state index contributed by atoms with van der Waals surface area (Å²) in [4.78, 5) is 15.2. The number of nitriles is 1. The molecular weight excluding hydrogens is 450 g/mol. The zero-order valence-corrected chi connectivity index (χ0v) is 19.8. The van der Waals surface area contributed by atoms with Crippen molar-refractivity contribution in [3.05, 3.63) is 47.5 Å². The summed E-state index contributed by atoms with van der Waals surface area (Å²) in [5.41, 5.74) is 2.13. The molecule has 0 saturated carbocycles. The molecule has 1 unspecified atom stereocenters. The van der Waals surface area contributed by atoms with Gasteiger partial charge in [0.15, 0.2) is 6.29 Å². The number of rotatable bonds is 5. The third-order valence-corrected chi connectivity index (χ3v) is 6.77. The van der Waals surface area contributed by atoms with Crippen molar-refractivity contribution in [1.29, 1.82) is 5.26 Å². The summed E-state index contributed by atoms with van der Waals surface area (Å²) >= 11 is 0. The van der Waals surface area contributed by atoms with Crippen LogP contribution in [0.2, 0.25) is 0 Å². The normalized spacial score (nSPS) is 27.8. The molecule has 0 aliphatic carbocycles. The monoisotopic (exact) mass is 481 g/mol. The molecule has 2 aliphatic rings. The summed E-state index contributed by atoms with van der Waals surface area (Å²) in [6, 6.07) is 12.6. The maximum Gasteiger partial charge on any atom is 0.262 e. The van der Waals surface area contributed by atoms with E-state index in [1.807, 2.05) is 30.3 Å². The van der Waals surface area contributed by atoms with E-state index in [4.69, 9.17) is 9.47 Å². The molecule has 0 aromatic heterocycles. The molecule has 0 radical (unpaired) electrons. The number of carbonyl (C=O) groups excluding carboxylic acids is 1. The molecule has 2 aromatic carbocycles. The number of nitrogens with zero attached hydrogens (tertiary/aromatic N) is 2. The van der Waals surface area contributed by atoms with E-state index in [2.05, 4.69) is 22.3 Å². The van der Waals surface area contributed by atoms with Gasteiger partial charge in [0.05, 0.1) is 19.3 Å². The van der Waals surface area contributed by atoms with Gasteiger partial charge >= 0.3 is 0 Å². The predicted octanol–water partition coefficient (Wildman–Crippen LogP) is 1.31. The fraction of sp³-hybridized carbons (Fsp3) is 0.462. The molecule has 2 heterocycles. The highest BCUT2D eigenvalue weighted by atomic mass is 16.6. The van der Waals surface area contributed by atoms with Crippen LogP contribution < -0.4 is 10.2 Å². The van der Waals surface area contributed by atoms with E-state index >= 15 is 0 Å². The largest absolute Gasteiger partial charge is 0.388 e. The molecule has 2 saturated heterocycles. The lowest BCUT2D eigenvalue weighted by Gasteiger charge is -2.40. The Morgan fingerprint density at radius 1 is 1.11 bits per heavy atom. The highest BCUT2D eigenvalue weighted by molar-refractivity contribution is 6.05. The van der Waals surface area contributed by atoms with Crippen LogP contribution in [-0.4, -0.2) is 78.2 Å². The van der Waals surface area contributed by atoms with E-state index in [0.29, 0.717) is 30.8 Å². The summed E-state index contributed by atoms with van der Waals surface area (Å²) in [6.07, 6.45) is -4.58. The quantitative estimate of drug-likeness (QED) is 0.371. The smallest absolute Gasteiger partial charge is 0.262 e. The van der Waals surface area contributed by atoms with Crippen molar-refractivity contribution in [1.82, 2.24) is 5.32 Å². The zero-order valence-electron chi connectivity index (χ0n) is 19.8. The Balaban J connectivity index is 1.55. The number of fused-ring (bicyclic) bond motifs is 1. The van der Waals surface area contributed by atoms with E-state index in [-0.39, 0.29) is 5.57 Å². The zero-order chi connectivity index (χ0) is 25.1.